The van der Waals surface area contributed by atoms with Gasteiger partial charge in [0.15, 0.2) is 12.2 Å². The van der Waals surface area contributed by atoms with E-state index in [0.717, 1.165) is 116 Å². The Kier molecular flexibility index (Phi) is 68.0. The molecule has 17 nitrogen and oxygen atoms in total. The van der Waals surface area contributed by atoms with Gasteiger partial charge >= 0.3 is 39.5 Å². The van der Waals surface area contributed by atoms with Crippen molar-refractivity contribution >= 4 is 39.5 Å². The summed E-state index contributed by atoms with van der Waals surface area (Å²) >= 11 is 0. The molecular formula is C79H136O17P2. The summed E-state index contributed by atoms with van der Waals surface area (Å²) < 4.78 is 68.3. The third-order valence-electron chi connectivity index (χ3n) is 15.8. The first-order valence-corrected chi connectivity index (χ1v) is 41.1. The topological polar surface area (TPSA) is 237 Å². The van der Waals surface area contributed by atoms with Crippen molar-refractivity contribution in [3.05, 3.63) is 109 Å². The third kappa shape index (κ3) is 70.2. The number of hydrogen-bond acceptors (Lipinski definition) is 15. The van der Waals surface area contributed by atoms with E-state index in [1.807, 2.05) is 18.2 Å². The van der Waals surface area contributed by atoms with Gasteiger partial charge in [-0.2, -0.15) is 0 Å². The van der Waals surface area contributed by atoms with Crippen LogP contribution in [0.5, 0.6) is 0 Å². The number of aliphatic hydroxyl groups is 1. The van der Waals surface area contributed by atoms with Crippen molar-refractivity contribution < 1.29 is 80.2 Å². The van der Waals surface area contributed by atoms with E-state index in [1.54, 1.807) is 6.08 Å². The first-order chi connectivity index (χ1) is 47.7. The lowest BCUT2D eigenvalue weighted by Gasteiger charge is -2.21. The number of esters is 4. The fraction of sp³-hybridized carbons (Fsp3) is 0.722. The Bertz CT molecular complexity index is 2290. The second-order valence-electron chi connectivity index (χ2n) is 25.2. The van der Waals surface area contributed by atoms with Crippen molar-refractivity contribution in [3.63, 3.8) is 0 Å². The molecule has 0 aliphatic rings. The molecule has 0 aliphatic heterocycles. The van der Waals surface area contributed by atoms with Crippen LogP contribution in [0.1, 0.15) is 310 Å². The van der Waals surface area contributed by atoms with Crippen molar-refractivity contribution in [1.29, 1.82) is 0 Å². The lowest BCUT2D eigenvalue weighted by molar-refractivity contribution is -0.161. The predicted octanol–water partition coefficient (Wildman–Crippen LogP) is 21.8. The van der Waals surface area contributed by atoms with E-state index >= 15 is 0 Å². The van der Waals surface area contributed by atoms with Gasteiger partial charge in [-0.05, 0) is 89.9 Å². The lowest BCUT2D eigenvalue weighted by Crippen LogP contribution is -2.30. The highest BCUT2D eigenvalue weighted by atomic mass is 31.2. The molecule has 5 unspecified atom stereocenters. The Hall–Kier alpha value is -4.28. The van der Waals surface area contributed by atoms with Crippen molar-refractivity contribution in [2.45, 2.75) is 329 Å². The van der Waals surface area contributed by atoms with Gasteiger partial charge in [-0.25, -0.2) is 9.13 Å². The molecule has 0 amide bonds. The maximum Gasteiger partial charge on any atom is 0.472 e. The number of phosphoric acid groups is 2. The number of unbranched alkanes of at least 4 members (excludes halogenated alkanes) is 28. The molecule has 0 aromatic carbocycles. The molecule has 0 saturated heterocycles. The van der Waals surface area contributed by atoms with Crippen LogP contribution < -0.4 is 0 Å². The normalized spacial score (nSPS) is 14.6. The molecular weight excluding hydrogens is 1280 g/mol. The predicted molar refractivity (Wildman–Crippen MR) is 399 cm³/mol. The molecule has 0 bridgehead atoms. The van der Waals surface area contributed by atoms with Gasteiger partial charge in [0.05, 0.1) is 32.8 Å². The molecule has 0 spiro atoms. The van der Waals surface area contributed by atoms with Crippen molar-refractivity contribution in [1.82, 2.24) is 0 Å². The number of ether oxygens (including phenoxy) is 4. The van der Waals surface area contributed by atoms with E-state index in [2.05, 4.69) is 113 Å². The average molecular weight is 1420 g/mol. The van der Waals surface area contributed by atoms with E-state index in [4.69, 9.17) is 37.0 Å². The van der Waals surface area contributed by atoms with E-state index < -0.39 is 97.5 Å². The Morgan fingerprint density at radius 2 is 0.571 bits per heavy atom. The molecule has 0 rings (SSSR count). The molecule has 98 heavy (non-hydrogen) atoms. The Balaban J connectivity index is 5.43. The van der Waals surface area contributed by atoms with Gasteiger partial charge in [-0.3, -0.25) is 37.3 Å². The first kappa shape index (κ1) is 93.7. The smallest absolute Gasteiger partial charge is 0.462 e. The largest absolute Gasteiger partial charge is 0.472 e. The van der Waals surface area contributed by atoms with Crippen LogP contribution in [-0.2, 0) is 65.4 Å². The molecule has 0 aromatic heterocycles. The molecule has 564 valence electrons. The molecule has 5 atom stereocenters. The minimum absolute atomic E-state index is 0.0699. The summed E-state index contributed by atoms with van der Waals surface area (Å²) in [7, 11) is -9.98. The zero-order valence-electron chi connectivity index (χ0n) is 61.4. The summed E-state index contributed by atoms with van der Waals surface area (Å²) in [5.41, 5.74) is 0. The van der Waals surface area contributed by atoms with Crippen molar-refractivity contribution in [3.8, 4) is 0 Å². The number of allylic oxidation sites excluding steroid dienone is 17. The molecule has 19 heteroatoms. The first-order valence-electron chi connectivity index (χ1n) is 38.1. The standard InChI is InChI=1S/C79H136O17P2/c1-5-9-13-17-21-25-29-33-36-40-43-47-51-55-59-63-76(81)89-69-74(95-78(83)65-61-57-53-49-45-39-32-28-24-20-16-12-8-4)71-93-97(85,86)91-67-73(80)68-92-98(87,88)94-72-75(96-79(84)66-62-58-54-50-46-42-38-35-31-27-23-19-15-11-7-3)70-90-77(82)64-60-56-52-48-44-41-37-34-30-26-22-18-14-10-6-2/h9-10,13-14,21-22,25-26,33-34,36-37,43-44,47-48,56,60,73-75,80H,5-8,11-12,15-20,23-24,27-32,35,38-42,45-46,49-55,57-59,61-72H2,1-4H3,(H,85,86)(H,87,88)/b13-9-,14-10-,25-21-,26-22-,36-33-,37-34-,47-43-,48-44-,60-56-. The fourth-order valence-electron chi connectivity index (χ4n) is 10.0. The van der Waals surface area contributed by atoms with Crippen LogP contribution in [0, 0.1) is 0 Å². The number of phosphoric ester groups is 2. The minimum Gasteiger partial charge on any atom is -0.462 e. The number of rotatable bonds is 71. The average Bonchev–Trinajstić information content (AvgIpc) is 1.04. The van der Waals surface area contributed by atoms with E-state index in [0.29, 0.717) is 25.7 Å². The maximum absolute atomic E-state index is 13.1. The summed E-state index contributed by atoms with van der Waals surface area (Å²) in [4.78, 5) is 72.8. The van der Waals surface area contributed by atoms with Gasteiger partial charge in [0.1, 0.15) is 19.3 Å². The second kappa shape index (κ2) is 71.1. The summed E-state index contributed by atoms with van der Waals surface area (Å²) in [6.07, 6.45) is 75.4. The van der Waals surface area contributed by atoms with Gasteiger partial charge in [0.2, 0.25) is 0 Å². The van der Waals surface area contributed by atoms with Crippen LogP contribution in [0.2, 0.25) is 0 Å². The third-order valence-corrected chi connectivity index (χ3v) is 17.7. The highest BCUT2D eigenvalue weighted by Crippen LogP contribution is 2.45. The van der Waals surface area contributed by atoms with E-state index in [1.165, 1.54) is 116 Å². The highest BCUT2D eigenvalue weighted by Gasteiger charge is 2.30. The van der Waals surface area contributed by atoms with Crippen LogP contribution in [0.15, 0.2) is 109 Å². The number of carbonyl (C=O) groups excluding carboxylic acids is 4. The Morgan fingerprint density at radius 1 is 0.306 bits per heavy atom. The molecule has 0 radical (unpaired) electrons. The number of hydrogen-bond donors (Lipinski definition) is 3. The van der Waals surface area contributed by atoms with Crippen LogP contribution in [0.25, 0.3) is 0 Å². The minimum atomic E-state index is -4.99. The van der Waals surface area contributed by atoms with E-state index in [9.17, 15) is 43.2 Å². The second-order valence-corrected chi connectivity index (χ2v) is 28.1. The highest BCUT2D eigenvalue weighted by molar-refractivity contribution is 7.47. The Labute approximate surface area is 594 Å². The quantitative estimate of drug-likeness (QED) is 0.0169. The molecule has 0 aromatic rings. The molecule has 0 heterocycles. The maximum atomic E-state index is 13.1. The van der Waals surface area contributed by atoms with E-state index in [-0.39, 0.29) is 25.7 Å². The molecule has 0 saturated carbocycles. The molecule has 3 N–H and O–H groups in total. The summed E-state index contributed by atoms with van der Waals surface area (Å²) in [5, 5.41) is 10.6. The zero-order chi connectivity index (χ0) is 71.8. The monoisotopic (exact) mass is 1420 g/mol. The van der Waals surface area contributed by atoms with Gasteiger partial charge in [0, 0.05) is 19.3 Å². The molecule has 0 fully saturated rings. The zero-order valence-corrected chi connectivity index (χ0v) is 63.2. The fourth-order valence-corrected chi connectivity index (χ4v) is 11.6. The number of carbonyl (C=O) groups is 4. The van der Waals surface area contributed by atoms with Crippen LogP contribution in [0.3, 0.4) is 0 Å². The van der Waals surface area contributed by atoms with Crippen LogP contribution >= 0.6 is 15.6 Å². The van der Waals surface area contributed by atoms with Crippen LogP contribution in [-0.4, -0.2) is 96.7 Å². The van der Waals surface area contributed by atoms with Gasteiger partial charge < -0.3 is 33.8 Å². The summed E-state index contributed by atoms with van der Waals surface area (Å²) in [5.74, 6) is -2.36. The van der Waals surface area contributed by atoms with Crippen molar-refractivity contribution in [2.24, 2.45) is 0 Å². The van der Waals surface area contributed by atoms with Gasteiger partial charge in [-0.15, -0.1) is 0 Å². The van der Waals surface area contributed by atoms with Crippen LogP contribution in [0.4, 0.5) is 0 Å². The SMILES string of the molecule is CC/C=C\C/C=C\C/C=C\C/C=C\C/C=C\CC(=O)OCC(COP(=O)(O)OCC(O)COP(=O)(O)OCC(COC(=O)CCCC/C=C\C/C=C\C/C=C\C/C=C\CC)OC(=O)CCCCCCCCCCCCCCC)OC(=O)CCCCCCCCCCCCCCCCC. The lowest BCUT2D eigenvalue weighted by atomic mass is 10.0. The van der Waals surface area contributed by atoms with Gasteiger partial charge in [0.25, 0.3) is 0 Å². The molecule has 0 aliphatic carbocycles. The number of aliphatic hydroxyl groups excluding tert-OH is 1. The van der Waals surface area contributed by atoms with Crippen molar-refractivity contribution in [2.75, 3.05) is 39.6 Å². The summed E-state index contributed by atoms with van der Waals surface area (Å²) in [6, 6.07) is 0. The van der Waals surface area contributed by atoms with Gasteiger partial charge in [-0.1, -0.05) is 304 Å². The Morgan fingerprint density at radius 3 is 0.908 bits per heavy atom. The summed E-state index contributed by atoms with van der Waals surface area (Å²) in [6.45, 7) is 4.51.